The van der Waals surface area contributed by atoms with Gasteiger partial charge >= 0.3 is 12.1 Å². The van der Waals surface area contributed by atoms with Crippen molar-refractivity contribution in [3.63, 3.8) is 0 Å². The van der Waals surface area contributed by atoms with Gasteiger partial charge in [-0.05, 0) is 25.3 Å². The van der Waals surface area contributed by atoms with Crippen molar-refractivity contribution in [2.75, 3.05) is 11.9 Å². The fourth-order valence-electron chi connectivity index (χ4n) is 3.43. The maximum absolute atomic E-state index is 12.0. The molecule has 2 N–H and O–H groups in total. The zero-order valence-electron chi connectivity index (χ0n) is 19.0. The van der Waals surface area contributed by atoms with Crippen LogP contribution in [0, 0.1) is 0 Å². The molecular formula is C24H41NO4S. The first-order chi connectivity index (χ1) is 14.6. The SMILES string of the molecule is CCCCCCCCCCOC(=O)Nc1sc(CCCCCCCC)cc1C(=O)O. The van der Waals surface area contributed by atoms with Crippen LogP contribution in [0.2, 0.25) is 0 Å². The van der Waals surface area contributed by atoms with Crippen molar-refractivity contribution < 1.29 is 19.4 Å². The van der Waals surface area contributed by atoms with Gasteiger partial charge in [0.25, 0.3) is 0 Å². The third-order valence-corrected chi connectivity index (χ3v) is 6.35. The van der Waals surface area contributed by atoms with E-state index in [1.165, 1.54) is 75.5 Å². The average molecular weight is 440 g/mol. The van der Waals surface area contributed by atoms with Crippen molar-refractivity contribution in [3.05, 3.63) is 16.5 Å². The van der Waals surface area contributed by atoms with Crippen LogP contribution >= 0.6 is 11.3 Å². The highest BCUT2D eigenvalue weighted by Crippen LogP contribution is 2.30. The molecule has 0 saturated heterocycles. The van der Waals surface area contributed by atoms with Gasteiger partial charge in [0.2, 0.25) is 0 Å². The lowest BCUT2D eigenvalue weighted by Gasteiger charge is -2.06. The Morgan fingerprint density at radius 2 is 1.40 bits per heavy atom. The summed E-state index contributed by atoms with van der Waals surface area (Å²) in [4.78, 5) is 24.6. The van der Waals surface area contributed by atoms with Crippen molar-refractivity contribution in [3.8, 4) is 0 Å². The van der Waals surface area contributed by atoms with Crippen LogP contribution in [0.5, 0.6) is 0 Å². The van der Waals surface area contributed by atoms with E-state index in [0.717, 1.165) is 37.0 Å². The number of hydrogen-bond acceptors (Lipinski definition) is 4. The van der Waals surface area contributed by atoms with Crippen LogP contribution in [0.15, 0.2) is 6.07 Å². The number of carboxylic acid groups (broad SMARTS) is 1. The lowest BCUT2D eigenvalue weighted by molar-refractivity contribution is 0.0698. The third kappa shape index (κ3) is 12.2. The fraction of sp³-hybridized carbons (Fsp3) is 0.750. The van der Waals surface area contributed by atoms with Crippen LogP contribution in [0.25, 0.3) is 0 Å². The van der Waals surface area contributed by atoms with E-state index in [1.54, 1.807) is 6.07 Å². The highest BCUT2D eigenvalue weighted by atomic mass is 32.1. The Kier molecular flexibility index (Phi) is 15.1. The molecule has 0 saturated carbocycles. The number of anilines is 1. The van der Waals surface area contributed by atoms with Crippen LogP contribution in [-0.4, -0.2) is 23.8 Å². The number of carbonyl (C=O) groups excluding carboxylic acids is 1. The summed E-state index contributed by atoms with van der Waals surface area (Å²) in [6, 6.07) is 1.69. The highest BCUT2D eigenvalue weighted by molar-refractivity contribution is 7.16. The summed E-state index contributed by atoms with van der Waals surface area (Å²) in [5.74, 6) is -1.01. The molecule has 0 unspecified atom stereocenters. The van der Waals surface area contributed by atoms with Gasteiger partial charge in [0.15, 0.2) is 0 Å². The number of amides is 1. The Bertz CT molecular complexity index is 600. The van der Waals surface area contributed by atoms with Crippen molar-refractivity contribution in [1.82, 2.24) is 0 Å². The lowest BCUT2D eigenvalue weighted by Crippen LogP contribution is -2.15. The standard InChI is InChI=1S/C24H41NO4S/c1-3-5-7-9-11-12-14-16-18-29-24(28)25-22-21(23(26)27)19-20(30-22)17-15-13-10-8-6-4-2/h19H,3-18H2,1-2H3,(H,25,28)(H,26,27). The van der Waals surface area contributed by atoms with Crippen molar-refractivity contribution in [2.24, 2.45) is 0 Å². The number of rotatable bonds is 18. The maximum atomic E-state index is 12.0. The van der Waals surface area contributed by atoms with E-state index < -0.39 is 12.1 Å². The van der Waals surface area contributed by atoms with Gasteiger partial charge in [0.1, 0.15) is 5.00 Å². The van der Waals surface area contributed by atoms with Gasteiger partial charge < -0.3 is 9.84 Å². The number of hydrogen-bond donors (Lipinski definition) is 2. The molecule has 0 radical (unpaired) electrons. The van der Waals surface area contributed by atoms with Crippen LogP contribution < -0.4 is 5.32 Å². The molecule has 0 atom stereocenters. The van der Waals surface area contributed by atoms with Crippen LogP contribution in [0.4, 0.5) is 9.80 Å². The molecule has 1 aromatic heterocycles. The molecular weight excluding hydrogens is 398 g/mol. The summed E-state index contributed by atoms with van der Waals surface area (Å²) in [6.45, 7) is 4.79. The zero-order chi connectivity index (χ0) is 22.0. The van der Waals surface area contributed by atoms with Crippen molar-refractivity contribution in [2.45, 2.75) is 110 Å². The molecule has 0 aliphatic rings. The third-order valence-electron chi connectivity index (χ3n) is 5.24. The number of carbonyl (C=O) groups is 2. The second-order valence-electron chi connectivity index (χ2n) is 8.01. The number of aryl methyl sites for hydroxylation is 1. The Balaban J connectivity index is 2.29. The first-order valence-corrected chi connectivity index (χ1v) is 12.7. The highest BCUT2D eigenvalue weighted by Gasteiger charge is 2.17. The molecule has 1 heterocycles. The van der Waals surface area contributed by atoms with Gasteiger partial charge in [0, 0.05) is 4.88 Å². The zero-order valence-corrected chi connectivity index (χ0v) is 19.8. The largest absolute Gasteiger partial charge is 0.478 e. The van der Waals surface area contributed by atoms with E-state index >= 15 is 0 Å². The summed E-state index contributed by atoms with van der Waals surface area (Å²) >= 11 is 1.35. The quantitative estimate of drug-likeness (QED) is 0.227. The minimum absolute atomic E-state index is 0.157. The summed E-state index contributed by atoms with van der Waals surface area (Å²) < 4.78 is 5.23. The van der Waals surface area contributed by atoms with Gasteiger partial charge in [-0.1, -0.05) is 90.9 Å². The topological polar surface area (TPSA) is 75.6 Å². The Hall–Kier alpha value is -1.56. The van der Waals surface area contributed by atoms with Gasteiger partial charge in [-0.2, -0.15) is 0 Å². The number of ether oxygens (including phenoxy) is 1. The van der Waals surface area contributed by atoms with E-state index in [-0.39, 0.29) is 5.56 Å². The van der Waals surface area contributed by atoms with Crippen molar-refractivity contribution in [1.29, 1.82) is 0 Å². The predicted octanol–water partition coefficient (Wildman–Crippen LogP) is 8.04. The van der Waals surface area contributed by atoms with Gasteiger partial charge in [-0.15, -0.1) is 11.3 Å². The molecule has 1 rings (SSSR count). The molecule has 1 amide bonds. The van der Waals surface area contributed by atoms with Gasteiger partial charge in [-0.3, -0.25) is 5.32 Å². The second-order valence-corrected chi connectivity index (χ2v) is 9.15. The molecule has 0 fully saturated rings. The lowest BCUT2D eigenvalue weighted by atomic mass is 10.1. The average Bonchev–Trinajstić information content (AvgIpc) is 3.12. The van der Waals surface area contributed by atoms with E-state index in [9.17, 15) is 14.7 Å². The van der Waals surface area contributed by atoms with Crippen LogP contribution in [0.1, 0.15) is 119 Å². The molecule has 6 heteroatoms. The van der Waals surface area contributed by atoms with Crippen LogP contribution in [-0.2, 0) is 11.2 Å². The molecule has 30 heavy (non-hydrogen) atoms. The fourth-order valence-corrected chi connectivity index (χ4v) is 4.50. The molecule has 0 aromatic carbocycles. The number of carboxylic acids is 1. The van der Waals surface area contributed by atoms with Crippen molar-refractivity contribution >= 4 is 28.4 Å². The smallest absolute Gasteiger partial charge is 0.412 e. The molecule has 0 bridgehead atoms. The summed E-state index contributed by atoms with van der Waals surface area (Å²) in [5.41, 5.74) is 0.157. The molecule has 172 valence electrons. The molecule has 5 nitrogen and oxygen atoms in total. The minimum Gasteiger partial charge on any atom is -0.478 e. The van der Waals surface area contributed by atoms with Gasteiger partial charge in [-0.25, -0.2) is 9.59 Å². The summed E-state index contributed by atoms with van der Waals surface area (Å²) in [6.07, 6.45) is 17.0. The molecule has 0 aliphatic heterocycles. The molecule has 1 aromatic rings. The Morgan fingerprint density at radius 1 is 0.867 bits per heavy atom. The second kappa shape index (κ2) is 17.2. The Morgan fingerprint density at radius 3 is 1.97 bits per heavy atom. The van der Waals surface area contributed by atoms with Crippen LogP contribution in [0.3, 0.4) is 0 Å². The van der Waals surface area contributed by atoms with E-state index in [2.05, 4.69) is 19.2 Å². The predicted molar refractivity (Wildman–Crippen MR) is 126 cm³/mol. The molecule has 0 spiro atoms. The van der Waals surface area contributed by atoms with E-state index in [4.69, 9.17) is 4.74 Å². The monoisotopic (exact) mass is 439 g/mol. The number of aromatic carboxylic acids is 1. The number of nitrogens with one attached hydrogen (secondary N) is 1. The number of unbranched alkanes of at least 4 members (excludes halogenated alkanes) is 12. The summed E-state index contributed by atoms with van der Waals surface area (Å²) in [7, 11) is 0. The van der Waals surface area contributed by atoms with E-state index in [1.807, 2.05) is 0 Å². The van der Waals surface area contributed by atoms with E-state index in [0.29, 0.717) is 11.6 Å². The van der Waals surface area contributed by atoms with Gasteiger partial charge in [0.05, 0.1) is 12.2 Å². The molecule has 0 aliphatic carbocycles. The first kappa shape index (κ1) is 26.5. The normalized spacial score (nSPS) is 10.9. The number of thiophene rings is 1. The summed E-state index contributed by atoms with van der Waals surface area (Å²) in [5, 5.41) is 12.4. The Labute approximate surface area is 186 Å². The minimum atomic E-state index is -1.01. The first-order valence-electron chi connectivity index (χ1n) is 11.9. The maximum Gasteiger partial charge on any atom is 0.412 e.